The Morgan fingerprint density at radius 2 is 2.14 bits per heavy atom. The quantitative estimate of drug-likeness (QED) is 0.503. The van der Waals surface area contributed by atoms with E-state index in [0.29, 0.717) is 4.97 Å². The summed E-state index contributed by atoms with van der Waals surface area (Å²) in [6.45, 7) is 4.98. The van der Waals surface area contributed by atoms with E-state index in [9.17, 15) is 0 Å². The van der Waals surface area contributed by atoms with Gasteiger partial charge >= 0.3 is 0 Å². The monoisotopic (exact) mass is 138 g/mol. The summed E-state index contributed by atoms with van der Waals surface area (Å²) in [6.07, 6.45) is 0. The first-order valence-electron chi connectivity index (χ1n) is 2.39. The highest BCUT2D eigenvalue weighted by Crippen LogP contribution is 1.78. The summed E-state index contributed by atoms with van der Waals surface area (Å²) < 4.78 is 5.10. The molecule has 44 valence electrons. The minimum absolute atomic E-state index is 0. The lowest BCUT2D eigenvalue weighted by Gasteiger charge is -2.00. The SMILES string of the molecule is CCO[CH](C)[AlH2].Cl. The van der Waals surface area contributed by atoms with Crippen LogP contribution in [-0.4, -0.2) is 27.9 Å². The molecule has 0 radical (unpaired) electrons. The third-order valence-corrected chi connectivity index (χ3v) is 0.833. The highest BCUT2D eigenvalue weighted by molar-refractivity contribution is 6.10. The average molecular weight is 139 g/mol. The van der Waals surface area contributed by atoms with Gasteiger partial charge in [0.2, 0.25) is 0 Å². The van der Waals surface area contributed by atoms with E-state index in [0.717, 1.165) is 22.9 Å². The molecule has 1 atom stereocenters. The van der Waals surface area contributed by atoms with Gasteiger partial charge in [-0.1, -0.05) is 6.92 Å². The van der Waals surface area contributed by atoms with E-state index in [1.165, 1.54) is 0 Å². The number of halogens is 1. The van der Waals surface area contributed by atoms with Gasteiger partial charge < -0.3 is 4.74 Å². The average Bonchev–Trinajstić information content (AvgIpc) is 1.35. The summed E-state index contributed by atoms with van der Waals surface area (Å²) >= 11 is 1.16. The Morgan fingerprint density at radius 3 is 2.14 bits per heavy atom. The fourth-order valence-corrected chi connectivity index (χ4v) is 0.667. The van der Waals surface area contributed by atoms with Crippen LogP contribution in [-0.2, 0) is 4.74 Å². The van der Waals surface area contributed by atoms with Gasteiger partial charge in [-0.05, 0) is 11.9 Å². The van der Waals surface area contributed by atoms with Gasteiger partial charge in [-0.2, -0.15) is 0 Å². The molecule has 0 spiro atoms. The van der Waals surface area contributed by atoms with Crippen LogP contribution in [0.1, 0.15) is 13.8 Å². The topological polar surface area (TPSA) is 9.23 Å². The zero-order chi connectivity index (χ0) is 4.99. The summed E-state index contributed by atoms with van der Waals surface area (Å²) in [6, 6.07) is 0. The summed E-state index contributed by atoms with van der Waals surface area (Å²) in [5.41, 5.74) is 0. The fraction of sp³-hybridized carbons (Fsp3) is 1.00. The fourth-order valence-electron chi connectivity index (χ4n) is 0.333. The Kier molecular flexibility index (Phi) is 10.4. The third-order valence-electron chi connectivity index (χ3n) is 0.500. The van der Waals surface area contributed by atoms with Gasteiger partial charge in [0.15, 0.2) is 0 Å². The zero-order valence-electron chi connectivity index (χ0n) is 5.10. The lowest BCUT2D eigenvalue weighted by atomic mass is 10.8. The van der Waals surface area contributed by atoms with Crippen LogP contribution < -0.4 is 0 Å². The van der Waals surface area contributed by atoms with Crippen molar-refractivity contribution in [3.63, 3.8) is 0 Å². The number of ether oxygens (including phenoxy) is 1. The van der Waals surface area contributed by atoms with Gasteiger partial charge in [-0.25, -0.2) is 0 Å². The standard InChI is InChI=1S/C4H9O.Al.ClH.2H/c1-3-5-4-2;;;;/h3H,4H2,1-2H3;;1H;;. The van der Waals surface area contributed by atoms with Crippen LogP contribution in [0.5, 0.6) is 0 Å². The van der Waals surface area contributed by atoms with Crippen LogP contribution >= 0.6 is 12.4 Å². The molecule has 0 aromatic carbocycles. The highest BCUT2D eigenvalue weighted by Gasteiger charge is 1.85. The van der Waals surface area contributed by atoms with Gasteiger partial charge in [0.05, 0.1) is 0 Å². The Labute approximate surface area is 59.3 Å². The van der Waals surface area contributed by atoms with Gasteiger partial charge in [-0.3, -0.25) is 0 Å². The minimum Gasteiger partial charge on any atom is -0.395 e. The Balaban J connectivity index is 0. The van der Waals surface area contributed by atoms with Crippen LogP contribution in [0.15, 0.2) is 0 Å². The second-order valence-electron chi connectivity index (χ2n) is 1.50. The van der Waals surface area contributed by atoms with Gasteiger partial charge in [-0.15, -0.1) is 12.4 Å². The normalized spacial score (nSPS) is 12.3. The van der Waals surface area contributed by atoms with Gasteiger partial charge in [0.25, 0.3) is 16.3 Å². The molecule has 1 nitrogen and oxygen atoms in total. The van der Waals surface area contributed by atoms with Crippen molar-refractivity contribution in [3.8, 4) is 0 Å². The first-order chi connectivity index (χ1) is 2.77. The maximum atomic E-state index is 5.10. The molecule has 0 aromatic rings. The number of hydrogen-bond acceptors (Lipinski definition) is 1. The third kappa shape index (κ3) is 10.8. The molecular weight excluding hydrogens is 126 g/mol. The summed E-state index contributed by atoms with van der Waals surface area (Å²) in [5.74, 6) is 0. The molecular formula is C4H12AlClO. The Hall–Kier alpha value is 0.782. The van der Waals surface area contributed by atoms with Crippen molar-refractivity contribution in [1.29, 1.82) is 0 Å². The molecule has 1 unspecified atom stereocenters. The maximum absolute atomic E-state index is 5.10. The van der Waals surface area contributed by atoms with Crippen molar-refractivity contribution in [2.24, 2.45) is 0 Å². The summed E-state index contributed by atoms with van der Waals surface area (Å²) in [7, 11) is 0. The molecule has 0 rings (SSSR count). The molecule has 0 aromatic heterocycles. The van der Waals surface area contributed by atoms with Crippen molar-refractivity contribution in [3.05, 3.63) is 0 Å². The van der Waals surface area contributed by atoms with Crippen LogP contribution in [0.2, 0.25) is 0 Å². The van der Waals surface area contributed by atoms with Crippen molar-refractivity contribution in [2.75, 3.05) is 6.61 Å². The molecule has 3 heteroatoms. The van der Waals surface area contributed by atoms with Gasteiger partial charge in [0, 0.05) is 6.61 Å². The van der Waals surface area contributed by atoms with Crippen LogP contribution in [0, 0.1) is 0 Å². The number of hydrogen-bond donors (Lipinski definition) is 0. The van der Waals surface area contributed by atoms with Crippen molar-refractivity contribution >= 4 is 28.7 Å². The van der Waals surface area contributed by atoms with Crippen LogP contribution in [0.4, 0.5) is 0 Å². The van der Waals surface area contributed by atoms with Crippen molar-refractivity contribution < 1.29 is 4.74 Å². The predicted octanol–water partition coefficient (Wildman–Crippen LogP) is 0.424. The van der Waals surface area contributed by atoms with E-state index in [1.807, 2.05) is 6.92 Å². The second kappa shape index (κ2) is 6.78. The van der Waals surface area contributed by atoms with E-state index in [-0.39, 0.29) is 12.4 Å². The molecule has 0 amide bonds. The molecule has 0 saturated heterocycles. The first kappa shape index (κ1) is 10.7. The largest absolute Gasteiger partial charge is 0.395 e. The molecule has 0 N–H and O–H groups in total. The molecule has 0 aliphatic heterocycles. The van der Waals surface area contributed by atoms with E-state index >= 15 is 0 Å². The molecule has 0 heterocycles. The van der Waals surface area contributed by atoms with E-state index in [4.69, 9.17) is 4.74 Å². The molecule has 0 aliphatic rings. The van der Waals surface area contributed by atoms with Crippen molar-refractivity contribution in [2.45, 2.75) is 18.8 Å². The second-order valence-corrected chi connectivity index (χ2v) is 3.13. The van der Waals surface area contributed by atoms with E-state index < -0.39 is 0 Å². The van der Waals surface area contributed by atoms with E-state index in [1.54, 1.807) is 0 Å². The highest BCUT2D eigenvalue weighted by atomic mass is 35.5. The van der Waals surface area contributed by atoms with E-state index in [2.05, 4.69) is 6.92 Å². The predicted molar refractivity (Wildman–Crippen MR) is 36.9 cm³/mol. The Morgan fingerprint density at radius 1 is 1.71 bits per heavy atom. The molecule has 0 fully saturated rings. The lowest BCUT2D eigenvalue weighted by Crippen LogP contribution is -2.05. The van der Waals surface area contributed by atoms with Gasteiger partial charge in [0.1, 0.15) is 0 Å². The minimum atomic E-state index is 0. The number of rotatable bonds is 2. The smallest absolute Gasteiger partial charge is 0.258 e. The van der Waals surface area contributed by atoms with Crippen LogP contribution in [0.3, 0.4) is 0 Å². The van der Waals surface area contributed by atoms with Crippen molar-refractivity contribution in [1.82, 2.24) is 0 Å². The van der Waals surface area contributed by atoms with Crippen LogP contribution in [0.25, 0.3) is 0 Å². The molecule has 0 bridgehead atoms. The summed E-state index contributed by atoms with van der Waals surface area (Å²) in [5, 5.41) is 0. The molecule has 0 saturated carbocycles. The summed E-state index contributed by atoms with van der Waals surface area (Å²) in [4.78, 5) is 0.537. The first-order valence-corrected chi connectivity index (χ1v) is 3.54. The maximum Gasteiger partial charge on any atom is 0.258 e. The Bertz CT molecular complexity index is 32.9. The molecule has 0 aliphatic carbocycles. The lowest BCUT2D eigenvalue weighted by molar-refractivity contribution is 0.132. The molecule has 7 heavy (non-hydrogen) atoms. The zero-order valence-corrected chi connectivity index (χ0v) is 7.92.